The molecule has 4 heteroatoms. The molecule has 2 unspecified atom stereocenters. The van der Waals surface area contributed by atoms with E-state index in [4.69, 9.17) is 5.73 Å². The number of nitrogens with zero attached hydrogens (tertiary/aromatic N) is 2. The van der Waals surface area contributed by atoms with Crippen molar-refractivity contribution in [2.45, 2.75) is 45.4 Å². The van der Waals surface area contributed by atoms with Crippen molar-refractivity contribution in [1.29, 1.82) is 0 Å². The predicted molar refractivity (Wildman–Crippen MR) is 73.3 cm³/mol. The first kappa shape index (κ1) is 13.1. The Kier molecular flexibility index (Phi) is 3.17. The van der Waals surface area contributed by atoms with Gasteiger partial charge in [-0.3, -0.25) is 0 Å². The van der Waals surface area contributed by atoms with Gasteiger partial charge in [0.15, 0.2) is 0 Å². The predicted octanol–water partition coefficient (Wildman–Crippen LogP) is 2.17. The molecule has 0 aliphatic carbocycles. The second kappa shape index (κ2) is 4.37. The highest BCUT2D eigenvalue weighted by atomic mass is 16.3. The van der Waals surface area contributed by atoms with Crippen molar-refractivity contribution >= 4 is 11.0 Å². The van der Waals surface area contributed by atoms with Crippen LogP contribution >= 0.6 is 0 Å². The number of rotatable bonds is 2. The Labute approximate surface area is 107 Å². The molecule has 98 valence electrons. The molecular weight excluding hydrogens is 226 g/mol. The van der Waals surface area contributed by atoms with Gasteiger partial charge in [0.05, 0.1) is 23.2 Å². The van der Waals surface area contributed by atoms with Crippen LogP contribution in [0.1, 0.15) is 39.6 Å². The number of benzene rings is 1. The van der Waals surface area contributed by atoms with Crippen LogP contribution in [0, 0.1) is 0 Å². The van der Waals surface area contributed by atoms with Crippen LogP contribution in [0.15, 0.2) is 24.3 Å². The monoisotopic (exact) mass is 247 g/mol. The van der Waals surface area contributed by atoms with Crippen molar-refractivity contribution in [2.75, 3.05) is 0 Å². The van der Waals surface area contributed by atoms with Crippen LogP contribution in [-0.2, 0) is 5.54 Å². The van der Waals surface area contributed by atoms with E-state index in [0.29, 0.717) is 0 Å². The standard InChI is InChI=1S/C14H21N3O/c1-9(18)12(15)13-16-10-7-5-6-8-11(10)17(13)14(2,3)4/h5-9,12,18H,15H2,1-4H3. The van der Waals surface area contributed by atoms with Crippen LogP contribution in [0.4, 0.5) is 0 Å². The Morgan fingerprint density at radius 1 is 1.28 bits per heavy atom. The summed E-state index contributed by atoms with van der Waals surface area (Å²) < 4.78 is 2.11. The molecule has 0 saturated carbocycles. The van der Waals surface area contributed by atoms with Crippen LogP contribution in [-0.4, -0.2) is 20.8 Å². The number of hydrogen-bond donors (Lipinski definition) is 2. The maximum absolute atomic E-state index is 9.71. The van der Waals surface area contributed by atoms with E-state index in [2.05, 4.69) is 30.3 Å². The number of imidazole rings is 1. The Bertz CT molecular complexity index is 552. The van der Waals surface area contributed by atoms with E-state index >= 15 is 0 Å². The second-order valence-corrected chi connectivity index (χ2v) is 5.73. The van der Waals surface area contributed by atoms with E-state index in [1.807, 2.05) is 24.3 Å². The summed E-state index contributed by atoms with van der Waals surface area (Å²) in [6.45, 7) is 8.02. The van der Waals surface area contributed by atoms with Gasteiger partial charge in [0.1, 0.15) is 5.82 Å². The third kappa shape index (κ3) is 2.13. The van der Waals surface area contributed by atoms with Gasteiger partial charge in [-0.25, -0.2) is 4.98 Å². The highest BCUT2D eigenvalue weighted by Crippen LogP contribution is 2.28. The summed E-state index contributed by atoms with van der Waals surface area (Å²) >= 11 is 0. The Hall–Kier alpha value is -1.39. The summed E-state index contributed by atoms with van der Waals surface area (Å²) in [4.78, 5) is 4.58. The van der Waals surface area contributed by atoms with Gasteiger partial charge in [-0.05, 0) is 39.8 Å². The normalized spacial score (nSPS) is 15.9. The van der Waals surface area contributed by atoms with Gasteiger partial charge >= 0.3 is 0 Å². The Morgan fingerprint density at radius 3 is 2.44 bits per heavy atom. The van der Waals surface area contributed by atoms with E-state index < -0.39 is 12.1 Å². The van der Waals surface area contributed by atoms with Gasteiger partial charge in [-0.15, -0.1) is 0 Å². The number of para-hydroxylation sites is 2. The minimum absolute atomic E-state index is 0.127. The summed E-state index contributed by atoms with van der Waals surface area (Å²) in [5.74, 6) is 0.735. The number of fused-ring (bicyclic) bond motifs is 1. The lowest BCUT2D eigenvalue weighted by Gasteiger charge is -2.27. The molecule has 2 atom stereocenters. The molecule has 0 bridgehead atoms. The van der Waals surface area contributed by atoms with Crippen molar-refractivity contribution in [2.24, 2.45) is 5.73 Å². The van der Waals surface area contributed by atoms with Crippen LogP contribution in [0.5, 0.6) is 0 Å². The highest BCUT2D eigenvalue weighted by molar-refractivity contribution is 5.76. The third-order valence-electron chi connectivity index (χ3n) is 3.08. The van der Waals surface area contributed by atoms with Crippen LogP contribution in [0.2, 0.25) is 0 Å². The summed E-state index contributed by atoms with van der Waals surface area (Å²) in [6.07, 6.45) is -0.622. The minimum Gasteiger partial charge on any atom is -0.391 e. The van der Waals surface area contributed by atoms with E-state index in [1.54, 1.807) is 6.92 Å². The van der Waals surface area contributed by atoms with Gasteiger partial charge in [0, 0.05) is 5.54 Å². The lowest BCUT2D eigenvalue weighted by atomic mass is 10.1. The molecule has 1 aromatic heterocycles. The maximum Gasteiger partial charge on any atom is 0.130 e. The number of hydrogen-bond acceptors (Lipinski definition) is 3. The molecule has 4 nitrogen and oxygen atoms in total. The topological polar surface area (TPSA) is 64.1 Å². The van der Waals surface area contributed by atoms with Gasteiger partial charge in [-0.2, -0.15) is 0 Å². The molecule has 0 amide bonds. The summed E-state index contributed by atoms with van der Waals surface area (Å²) in [6, 6.07) is 7.47. The molecule has 0 aliphatic rings. The van der Waals surface area contributed by atoms with Gasteiger partial charge in [-0.1, -0.05) is 12.1 Å². The Morgan fingerprint density at radius 2 is 1.89 bits per heavy atom. The average Bonchev–Trinajstić information content (AvgIpc) is 2.66. The molecule has 0 radical (unpaired) electrons. The van der Waals surface area contributed by atoms with Crippen LogP contribution < -0.4 is 5.73 Å². The van der Waals surface area contributed by atoms with Gasteiger partial charge in [0.2, 0.25) is 0 Å². The highest BCUT2D eigenvalue weighted by Gasteiger charge is 2.26. The molecular formula is C14H21N3O. The molecule has 2 rings (SSSR count). The van der Waals surface area contributed by atoms with Crippen molar-refractivity contribution in [3.8, 4) is 0 Å². The van der Waals surface area contributed by atoms with Crippen molar-refractivity contribution in [1.82, 2.24) is 9.55 Å². The minimum atomic E-state index is -0.622. The summed E-state index contributed by atoms with van der Waals surface area (Å²) in [5, 5.41) is 9.71. The van der Waals surface area contributed by atoms with E-state index in [9.17, 15) is 5.11 Å². The van der Waals surface area contributed by atoms with E-state index in [1.165, 1.54) is 0 Å². The zero-order chi connectivity index (χ0) is 13.5. The fourth-order valence-electron chi connectivity index (χ4n) is 2.19. The quantitative estimate of drug-likeness (QED) is 0.855. The molecule has 0 spiro atoms. The third-order valence-corrected chi connectivity index (χ3v) is 3.08. The summed E-state index contributed by atoms with van der Waals surface area (Å²) in [5.41, 5.74) is 7.91. The lowest BCUT2D eigenvalue weighted by molar-refractivity contribution is 0.156. The van der Waals surface area contributed by atoms with E-state index in [-0.39, 0.29) is 5.54 Å². The SMILES string of the molecule is CC(O)C(N)c1nc2ccccc2n1C(C)(C)C. The first-order chi connectivity index (χ1) is 8.32. The van der Waals surface area contributed by atoms with Crippen molar-refractivity contribution < 1.29 is 5.11 Å². The molecule has 0 fully saturated rings. The van der Waals surface area contributed by atoms with Gasteiger partial charge in [0.25, 0.3) is 0 Å². The fraction of sp³-hybridized carbons (Fsp3) is 0.500. The van der Waals surface area contributed by atoms with E-state index in [0.717, 1.165) is 16.9 Å². The van der Waals surface area contributed by atoms with Crippen molar-refractivity contribution in [3.05, 3.63) is 30.1 Å². The molecule has 0 aliphatic heterocycles. The molecule has 2 aromatic rings. The lowest BCUT2D eigenvalue weighted by Crippen LogP contribution is -2.32. The largest absolute Gasteiger partial charge is 0.391 e. The molecule has 1 aromatic carbocycles. The number of aliphatic hydroxyl groups excluding tert-OH is 1. The van der Waals surface area contributed by atoms with Crippen LogP contribution in [0.25, 0.3) is 11.0 Å². The summed E-state index contributed by atoms with van der Waals surface area (Å²) in [7, 11) is 0. The van der Waals surface area contributed by atoms with Gasteiger partial charge < -0.3 is 15.4 Å². The average molecular weight is 247 g/mol. The van der Waals surface area contributed by atoms with Crippen molar-refractivity contribution in [3.63, 3.8) is 0 Å². The number of aromatic nitrogens is 2. The number of aliphatic hydroxyl groups is 1. The Balaban J connectivity index is 2.72. The zero-order valence-electron chi connectivity index (χ0n) is 11.4. The smallest absolute Gasteiger partial charge is 0.130 e. The molecule has 1 heterocycles. The molecule has 3 N–H and O–H groups in total. The van der Waals surface area contributed by atoms with Crippen LogP contribution in [0.3, 0.4) is 0 Å². The molecule has 18 heavy (non-hydrogen) atoms. The zero-order valence-corrected chi connectivity index (χ0v) is 11.4. The molecule has 0 saturated heterocycles. The maximum atomic E-state index is 9.71. The fourth-order valence-corrected chi connectivity index (χ4v) is 2.19. The first-order valence-electron chi connectivity index (χ1n) is 6.24. The number of nitrogens with two attached hydrogens (primary N) is 1. The second-order valence-electron chi connectivity index (χ2n) is 5.73. The first-order valence-corrected chi connectivity index (χ1v) is 6.24.